The maximum Gasteiger partial charge on any atom is 0.342 e. The summed E-state index contributed by atoms with van der Waals surface area (Å²) in [5.74, 6) is 0.719. The molecule has 1 aromatic rings. The van der Waals surface area contributed by atoms with Crippen molar-refractivity contribution in [3.05, 3.63) is 18.0 Å². The quantitative estimate of drug-likeness (QED) is 0.777. The third-order valence-corrected chi connectivity index (χ3v) is 3.71. The Balaban J connectivity index is 1.62. The molecule has 2 aliphatic rings. The second kappa shape index (κ2) is 4.42. The molecular weight excluding hydrogens is 230 g/mol. The highest BCUT2D eigenvalue weighted by atomic mass is 16.2. The number of fused-ring (bicyclic) bond motifs is 2. The summed E-state index contributed by atoms with van der Waals surface area (Å²) >= 11 is 0. The summed E-state index contributed by atoms with van der Waals surface area (Å²) in [6, 6.07) is 1.91. The molecular formula is C12H15N5O. The number of nitrogens with one attached hydrogen (secondary N) is 1. The van der Waals surface area contributed by atoms with Gasteiger partial charge in [0.25, 0.3) is 0 Å². The zero-order valence-corrected chi connectivity index (χ0v) is 10.0. The van der Waals surface area contributed by atoms with Gasteiger partial charge in [0.15, 0.2) is 0 Å². The van der Waals surface area contributed by atoms with Crippen molar-refractivity contribution in [3.63, 3.8) is 0 Å². The van der Waals surface area contributed by atoms with Crippen LogP contribution >= 0.6 is 0 Å². The zero-order valence-electron chi connectivity index (χ0n) is 10.0. The van der Waals surface area contributed by atoms with Crippen LogP contribution in [0.3, 0.4) is 0 Å². The van der Waals surface area contributed by atoms with E-state index in [0.717, 1.165) is 25.4 Å². The molecule has 94 valence electrons. The van der Waals surface area contributed by atoms with Crippen LogP contribution < -0.4 is 5.32 Å². The Morgan fingerprint density at radius 2 is 2.44 bits per heavy atom. The van der Waals surface area contributed by atoms with E-state index in [-0.39, 0.29) is 12.1 Å². The minimum Gasteiger partial charge on any atom is -0.332 e. The summed E-state index contributed by atoms with van der Waals surface area (Å²) in [5.41, 5.74) is 0.401. The van der Waals surface area contributed by atoms with E-state index in [1.54, 1.807) is 0 Å². The van der Waals surface area contributed by atoms with Crippen LogP contribution in [0.15, 0.2) is 12.4 Å². The van der Waals surface area contributed by atoms with Gasteiger partial charge < -0.3 is 10.2 Å². The molecule has 3 rings (SSSR count). The number of hydrogen-bond acceptors (Lipinski definition) is 4. The number of aromatic nitrogens is 2. The fourth-order valence-corrected chi connectivity index (χ4v) is 2.90. The number of hydrogen-bond donors (Lipinski definition) is 1. The molecule has 1 N–H and O–H groups in total. The lowest BCUT2D eigenvalue weighted by Crippen LogP contribution is -2.48. The van der Waals surface area contributed by atoms with Gasteiger partial charge in [0.2, 0.25) is 0 Å². The van der Waals surface area contributed by atoms with Crippen molar-refractivity contribution in [1.29, 1.82) is 5.26 Å². The summed E-state index contributed by atoms with van der Waals surface area (Å²) in [4.78, 5) is 14.3. The molecule has 0 radical (unpaired) electrons. The zero-order chi connectivity index (χ0) is 12.5. The van der Waals surface area contributed by atoms with E-state index in [2.05, 4.69) is 15.3 Å². The number of piperidine rings is 1. The molecule has 18 heavy (non-hydrogen) atoms. The van der Waals surface area contributed by atoms with Crippen molar-refractivity contribution < 1.29 is 4.79 Å². The number of nitrogens with zero attached hydrogens (tertiary/aromatic N) is 4. The Hall–Kier alpha value is -1.87. The molecule has 1 amide bonds. The van der Waals surface area contributed by atoms with Gasteiger partial charge in [-0.05, 0) is 25.3 Å². The minimum atomic E-state index is -0.246. The topological polar surface area (TPSA) is 73.9 Å². The predicted molar refractivity (Wildman–Crippen MR) is 63.8 cm³/mol. The van der Waals surface area contributed by atoms with Gasteiger partial charge in [-0.2, -0.15) is 15.0 Å². The molecule has 1 aromatic heterocycles. The van der Waals surface area contributed by atoms with Crippen LogP contribution in [-0.4, -0.2) is 46.4 Å². The van der Waals surface area contributed by atoms with Crippen LogP contribution in [0.5, 0.6) is 0 Å². The maximum atomic E-state index is 11.9. The van der Waals surface area contributed by atoms with Crippen LogP contribution in [0.25, 0.3) is 0 Å². The van der Waals surface area contributed by atoms with Gasteiger partial charge in [0, 0.05) is 19.1 Å². The first-order chi connectivity index (χ1) is 8.74. The largest absolute Gasteiger partial charge is 0.342 e. The number of carbonyl (C=O) groups is 1. The minimum absolute atomic E-state index is 0.202. The lowest BCUT2D eigenvalue weighted by Gasteiger charge is -2.30. The Kier molecular flexibility index (Phi) is 2.76. The van der Waals surface area contributed by atoms with Crippen molar-refractivity contribution in [2.24, 2.45) is 5.92 Å². The molecule has 3 unspecified atom stereocenters. The third-order valence-electron chi connectivity index (χ3n) is 3.71. The number of amides is 1. The van der Waals surface area contributed by atoms with Crippen LogP contribution in [-0.2, 0) is 0 Å². The number of carbonyl (C=O) groups excluding carboxylic acids is 1. The Bertz CT molecular complexity index is 491. The summed E-state index contributed by atoms with van der Waals surface area (Å²) in [6.07, 6.45) is 5.14. The summed E-state index contributed by atoms with van der Waals surface area (Å²) in [6.45, 7) is 3.25. The standard InChI is InChI=1S/C12H15N5O/c13-4-10-5-14-17(7-10)12(18)15-11-3-9-1-2-16(6-9)8-11/h5,7,9,11H,1-3,6,8H2,(H,15,18). The molecule has 2 bridgehead atoms. The van der Waals surface area contributed by atoms with Gasteiger partial charge in [-0.1, -0.05) is 0 Å². The van der Waals surface area contributed by atoms with Gasteiger partial charge in [0.05, 0.1) is 18.0 Å². The van der Waals surface area contributed by atoms with Crippen molar-refractivity contribution in [3.8, 4) is 6.07 Å². The highest BCUT2D eigenvalue weighted by Crippen LogP contribution is 2.26. The Labute approximate surface area is 105 Å². The Morgan fingerprint density at radius 3 is 3.17 bits per heavy atom. The fourth-order valence-electron chi connectivity index (χ4n) is 2.90. The van der Waals surface area contributed by atoms with Gasteiger partial charge in [0.1, 0.15) is 6.07 Å². The molecule has 6 heteroatoms. The highest BCUT2D eigenvalue weighted by molar-refractivity contribution is 5.76. The molecule has 6 nitrogen and oxygen atoms in total. The number of rotatable bonds is 1. The molecule has 2 aliphatic heterocycles. The number of nitriles is 1. The van der Waals surface area contributed by atoms with E-state index in [4.69, 9.17) is 5.26 Å². The molecule has 0 aliphatic carbocycles. The summed E-state index contributed by atoms with van der Waals surface area (Å²) < 4.78 is 1.20. The molecule has 0 spiro atoms. The molecule has 0 saturated carbocycles. The molecule has 3 atom stereocenters. The average Bonchev–Trinajstić information content (AvgIpc) is 2.96. The van der Waals surface area contributed by atoms with Crippen LogP contribution in [0.4, 0.5) is 4.79 Å². The van der Waals surface area contributed by atoms with E-state index >= 15 is 0 Å². The smallest absolute Gasteiger partial charge is 0.332 e. The summed E-state index contributed by atoms with van der Waals surface area (Å²) in [5, 5.41) is 15.5. The first-order valence-electron chi connectivity index (χ1n) is 6.22. The summed E-state index contributed by atoms with van der Waals surface area (Å²) in [7, 11) is 0. The highest BCUT2D eigenvalue weighted by Gasteiger charge is 2.33. The molecule has 2 fully saturated rings. The third kappa shape index (κ3) is 2.09. The van der Waals surface area contributed by atoms with Crippen LogP contribution in [0.1, 0.15) is 18.4 Å². The predicted octanol–water partition coefficient (Wildman–Crippen LogP) is 0.407. The SMILES string of the molecule is N#Cc1cnn(C(=O)NC2CC3CCN(C3)C2)c1. The van der Waals surface area contributed by atoms with E-state index in [0.29, 0.717) is 5.56 Å². The van der Waals surface area contributed by atoms with Gasteiger partial charge in [-0.25, -0.2) is 4.79 Å². The first-order valence-corrected chi connectivity index (χ1v) is 6.22. The molecule has 3 heterocycles. The van der Waals surface area contributed by atoms with Gasteiger partial charge in [-0.3, -0.25) is 0 Å². The van der Waals surface area contributed by atoms with Crippen molar-refractivity contribution in [2.75, 3.05) is 19.6 Å². The molecule has 0 aromatic carbocycles. The lowest BCUT2D eigenvalue weighted by molar-refractivity contribution is 0.204. The van der Waals surface area contributed by atoms with E-state index in [1.807, 2.05) is 6.07 Å². The second-order valence-electron chi connectivity index (χ2n) is 5.08. The Morgan fingerprint density at radius 1 is 1.56 bits per heavy atom. The van der Waals surface area contributed by atoms with E-state index in [1.165, 1.54) is 30.0 Å². The fraction of sp³-hybridized carbons (Fsp3) is 0.583. The van der Waals surface area contributed by atoms with Crippen LogP contribution in [0.2, 0.25) is 0 Å². The second-order valence-corrected chi connectivity index (χ2v) is 5.08. The van der Waals surface area contributed by atoms with Crippen molar-refractivity contribution in [2.45, 2.75) is 18.9 Å². The molecule has 2 saturated heterocycles. The van der Waals surface area contributed by atoms with E-state index < -0.39 is 0 Å². The van der Waals surface area contributed by atoms with E-state index in [9.17, 15) is 4.79 Å². The first kappa shape index (κ1) is 11.2. The van der Waals surface area contributed by atoms with Gasteiger partial charge >= 0.3 is 6.03 Å². The average molecular weight is 245 g/mol. The monoisotopic (exact) mass is 245 g/mol. The maximum absolute atomic E-state index is 11.9. The van der Waals surface area contributed by atoms with Gasteiger partial charge in [-0.15, -0.1) is 0 Å². The van der Waals surface area contributed by atoms with Crippen LogP contribution in [0, 0.1) is 17.2 Å². The normalized spacial score (nSPS) is 29.8. The van der Waals surface area contributed by atoms with Crippen molar-refractivity contribution >= 4 is 6.03 Å². The van der Waals surface area contributed by atoms with Crippen molar-refractivity contribution in [1.82, 2.24) is 20.0 Å². The lowest BCUT2D eigenvalue weighted by atomic mass is 9.97.